The number of hydrogen-bond acceptors (Lipinski definition) is 8. The Balaban J connectivity index is 2.88. The highest BCUT2D eigenvalue weighted by molar-refractivity contribution is 5.92. The number of phenolic OH excluding ortho intramolecular Hbond substituents is 1. The maximum atomic E-state index is 12.9. The van der Waals surface area contributed by atoms with Crippen molar-refractivity contribution in [1.82, 2.24) is 16.0 Å². The summed E-state index contributed by atoms with van der Waals surface area (Å²) < 4.78 is 0. The summed E-state index contributed by atoms with van der Waals surface area (Å²) in [4.78, 5) is 52.1. The van der Waals surface area contributed by atoms with Gasteiger partial charge in [0.15, 0.2) is 5.96 Å². The molecule has 0 aliphatic carbocycles. The number of aliphatic carboxylic acids is 1. The molecule has 0 aliphatic rings. The molecule has 1 aromatic carbocycles. The number of guanidine groups is 1. The molecule has 3 atom stereocenters. The van der Waals surface area contributed by atoms with Crippen molar-refractivity contribution < 1.29 is 34.5 Å². The summed E-state index contributed by atoms with van der Waals surface area (Å²) in [6.45, 7) is -0.961. The number of aliphatic hydroxyl groups excluding tert-OH is 1. The standard InChI is InChI=1S/C20H31N7O7/c21-13(10-28)17(31)25-9-16(30)26-15(8-11-3-5-12(29)6-4-11)18(32)27-14(19(33)34)2-1-7-24-20(22)23/h3-6,13-15,28-29H,1-2,7-10,21H2,(H,25,31)(H,26,30)(H,27,32)(H,33,34)(H4,22,23,24). The van der Waals surface area contributed by atoms with Gasteiger partial charge in [-0.1, -0.05) is 12.1 Å². The Morgan fingerprint density at radius 3 is 2.21 bits per heavy atom. The first-order chi connectivity index (χ1) is 16.0. The highest BCUT2D eigenvalue weighted by atomic mass is 16.4. The molecule has 188 valence electrons. The first-order valence-electron chi connectivity index (χ1n) is 10.3. The summed E-state index contributed by atoms with van der Waals surface area (Å²) >= 11 is 0. The number of carbonyl (C=O) groups is 4. The second kappa shape index (κ2) is 14.3. The number of aromatic hydroxyl groups is 1. The molecule has 34 heavy (non-hydrogen) atoms. The molecule has 14 heteroatoms. The predicted octanol–water partition coefficient (Wildman–Crippen LogP) is -3.52. The number of aliphatic hydroxyl groups is 1. The van der Waals surface area contributed by atoms with Gasteiger partial charge in [-0.15, -0.1) is 0 Å². The van der Waals surface area contributed by atoms with Crippen LogP contribution in [0.25, 0.3) is 0 Å². The Morgan fingerprint density at radius 1 is 1.00 bits per heavy atom. The predicted molar refractivity (Wildman–Crippen MR) is 121 cm³/mol. The molecule has 0 bridgehead atoms. The van der Waals surface area contributed by atoms with E-state index in [4.69, 9.17) is 22.3 Å². The average molecular weight is 482 g/mol. The van der Waals surface area contributed by atoms with Gasteiger partial charge in [0.2, 0.25) is 17.7 Å². The second-order valence-corrected chi connectivity index (χ2v) is 7.35. The third-order valence-electron chi connectivity index (χ3n) is 4.54. The first-order valence-corrected chi connectivity index (χ1v) is 10.3. The van der Waals surface area contributed by atoms with Crippen molar-refractivity contribution >= 4 is 29.7 Å². The monoisotopic (exact) mass is 481 g/mol. The molecule has 3 unspecified atom stereocenters. The van der Waals surface area contributed by atoms with Crippen LogP contribution in [0.5, 0.6) is 5.75 Å². The molecule has 3 amide bonds. The Labute approximate surface area is 195 Å². The van der Waals surface area contributed by atoms with Crippen LogP contribution < -0.4 is 33.2 Å². The van der Waals surface area contributed by atoms with Gasteiger partial charge >= 0.3 is 5.97 Å². The van der Waals surface area contributed by atoms with Crippen molar-refractivity contribution in [1.29, 1.82) is 0 Å². The molecule has 0 radical (unpaired) electrons. The molecule has 12 N–H and O–H groups in total. The van der Waals surface area contributed by atoms with Gasteiger partial charge in [-0.25, -0.2) is 4.79 Å². The third-order valence-corrected chi connectivity index (χ3v) is 4.54. The molecule has 0 saturated carbocycles. The Bertz CT molecular complexity index is 873. The van der Waals surface area contributed by atoms with E-state index in [9.17, 15) is 29.4 Å². The molecular formula is C20H31N7O7. The summed E-state index contributed by atoms with van der Waals surface area (Å²) in [5.41, 5.74) is 16.4. The summed E-state index contributed by atoms with van der Waals surface area (Å²) in [7, 11) is 0. The first kappa shape index (κ1) is 28.1. The number of hydrogen-bond donors (Lipinski definition) is 9. The number of carboxylic acid groups (broad SMARTS) is 1. The fourth-order valence-electron chi connectivity index (χ4n) is 2.74. The number of carboxylic acids is 1. The number of nitrogens with zero attached hydrogens (tertiary/aromatic N) is 1. The van der Waals surface area contributed by atoms with Crippen LogP contribution in [0.3, 0.4) is 0 Å². The van der Waals surface area contributed by atoms with Crippen LogP contribution in [-0.2, 0) is 25.6 Å². The van der Waals surface area contributed by atoms with E-state index in [1.807, 2.05) is 0 Å². The van der Waals surface area contributed by atoms with Crippen molar-refractivity contribution in [3.63, 3.8) is 0 Å². The molecule has 0 aliphatic heterocycles. The molecule has 1 aromatic rings. The molecule has 14 nitrogen and oxygen atoms in total. The number of aliphatic imine (C=N–C) groups is 1. The zero-order valence-electron chi connectivity index (χ0n) is 18.4. The normalized spacial score (nSPS) is 13.1. The van der Waals surface area contributed by atoms with E-state index in [0.29, 0.717) is 5.56 Å². The van der Waals surface area contributed by atoms with Crippen LogP contribution in [-0.4, -0.2) is 82.8 Å². The maximum absolute atomic E-state index is 12.9. The van der Waals surface area contributed by atoms with Crippen LogP contribution in [0.1, 0.15) is 18.4 Å². The lowest BCUT2D eigenvalue weighted by atomic mass is 10.0. The number of carbonyl (C=O) groups excluding carboxylic acids is 3. The molecule has 0 fully saturated rings. The number of phenols is 1. The van der Waals surface area contributed by atoms with Crippen molar-refractivity contribution in [3.05, 3.63) is 29.8 Å². The van der Waals surface area contributed by atoms with Gasteiger partial charge in [0.05, 0.1) is 13.2 Å². The Hall–Kier alpha value is -3.91. The van der Waals surface area contributed by atoms with Gasteiger partial charge in [-0.2, -0.15) is 0 Å². The summed E-state index contributed by atoms with van der Waals surface area (Å²) in [6, 6.07) is 2.20. The zero-order chi connectivity index (χ0) is 25.7. The van der Waals surface area contributed by atoms with Gasteiger partial charge in [-0.05, 0) is 30.5 Å². The van der Waals surface area contributed by atoms with Crippen molar-refractivity contribution in [3.8, 4) is 5.75 Å². The summed E-state index contributed by atoms with van der Waals surface area (Å²) in [5, 5.41) is 34.8. The molecule has 1 rings (SSSR count). The molecule has 0 spiro atoms. The van der Waals surface area contributed by atoms with Crippen LogP contribution in [0.15, 0.2) is 29.3 Å². The van der Waals surface area contributed by atoms with E-state index in [-0.39, 0.29) is 37.5 Å². The van der Waals surface area contributed by atoms with E-state index in [0.717, 1.165) is 0 Å². The molecule has 0 aromatic heterocycles. The molecular weight excluding hydrogens is 450 g/mol. The van der Waals surface area contributed by atoms with Crippen LogP contribution in [0, 0.1) is 0 Å². The molecule has 0 heterocycles. The van der Waals surface area contributed by atoms with Crippen molar-refractivity contribution in [2.24, 2.45) is 22.2 Å². The van der Waals surface area contributed by atoms with Crippen LogP contribution in [0.4, 0.5) is 0 Å². The number of rotatable bonds is 14. The fraction of sp³-hybridized carbons (Fsp3) is 0.450. The largest absolute Gasteiger partial charge is 0.508 e. The fourth-order valence-corrected chi connectivity index (χ4v) is 2.74. The van der Waals surface area contributed by atoms with Crippen molar-refractivity contribution in [2.45, 2.75) is 37.4 Å². The van der Waals surface area contributed by atoms with E-state index in [1.54, 1.807) is 0 Å². The minimum atomic E-state index is -1.28. The average Bonchev–Trinajstić information content (AvgIpc) is 2.79. The van der Waals surface area contributed by atoms with Crippen molar-refractivity contribution in [2.75, 3.05) is 19.7 Å². The second-order valence-electron chi connectivity index (χ2n) is 7.35. The zero-order valence-corrected chi connectivity index (χ0v) is 18.4. The maximum Gasteiger partial charge on any atom is 0.326 e. The van der Waals surface area contributed by atoms with Crippen LogP contribution >= 0.6 is 0 Å². The lowest BCUT2D eigenvalue weighted by Gasteiger charge is -2.22. The van der Waals surface area contributed by atoms with E-state index < -0.39 is 55.0 Å². The van der Waals surface area contributed by atoms with Gasteiger partial charge in [0.25, 0.3) is 0 Å². The number of amides is 3. The summed E-state index contributed by atoms with van der Waals surface area (Å²) in [5.74, 6) is -3.68. The topological polar surface area (TPSA) is 255 Å². The van der Waals surface area contributed by atoms with Gasteiger partial charge in [-0.3, -0.25) is 19.4 Å². The quantitative estimate of drug-likeness (QED) is 0.0718. The lowest BCUT2D eigenvalue weighted by molar-refractivity contribution is -0.142. The number of nitrogens with two attached hydrogens (primary N) is 3. The van der Waals surface area contributed by atoms with E-state index in [1.165, 1.54) is 24.3 Å². The van der Waals surface area contributed by atoms with Gasteiger partial charge in [0.1, 0.15) is 23.9 Å². The minimum Gasteiger partial charge on any atom is -0.508 e. The summed E-state index contributed by atoms with van der Waals surface area (Å²) in [6.07, 6.45) is 0.288. The highest BCUT2D eigenvalue weighted by Crippen LogP contribution is 2.12. The third kappa shape index (κ3) is 10.6. The SMILES string of the molecule is NC(N)=NCCCC(NC(=O)C(Cc1ccc(O)cc1)NC(=O)CNC(=O)C(N)CO)C(=O)O. The Morgan fingerprint density at radius 2 is 1.65 bits per heavy atom. The van der Waals surface area contributed by atoms with Crippen LogP contribution in [0.2, 0.25) is 0 Å². The highest BCUT2D eigenvalue weighted by Gasteiger charge is 2.27. The molecule has 0 saturated heterocycles. The smallest absolute Gasteiger partial charge is 0.326 e. The van der Waals surface area contributed by atoms with Gasteiger partial charge < -0.3 is 48.5 Å². The lowest BCUT2D eigenvalue weighted by Crippen LogP contribution is -2.54. The number of nitrogens with one attached hydrogen (secondary N) is 3. The Kier molecular flexibility index (Phi) is 11.8. The minimum absolute atomic E-state index is 0.00318. The van der Waals surface area contributed by atoms with E-state index in [2.05, 4.69) is 20.9 Å². The number of benzene rings is 1. The van der Waals surface area contributed by atoms with Gasteiger partial charge in [0, 0.05) is 13.0 Å². The van der Waals surface area contributed by atoms with E-state index >= 15 is 0 Å².